The Hall–Kier alpha value is -2.75. The molecule has 1 N–H and O–H groups in total. The van der Waals surface area contributed by atoms with Gasteiger partial charge >= 0.3 is 5.97 Å². The van der Waals surface area contributed by atoms with Crippen LogP contribution in [0.2, 0.25) is 0 Å². The van der Waals surface area contributed by atoms with Gasteiger partial charge in [-0.3, -0.25) is 9.63 Å². The van der Waals surface area contributed by atoms with E-state index in [1.165, 1.54) is 38.4 Å². The van der Waals surface area contributed by atoms with Crippen molar-refractivity contribution in [3.8, 4) is 0 Å². The monoisotopic (exact) mass is 420 g/mol. The molecule has 156 valence electrons. The van der Waals surface area contributed by atoms with Crippen LogP contribution in [0.3, 0.4) is 0 Å². The average molecular weight is 420 g/mol. The third kappa shape index (κ3) is 5.86. The molecule has 0 spiro atoms. The number of hydroxylamine groups is 1. The van der Waals surface area contributed by atoms with Gasteiger partial charge in [0, 0.05) is 18.3 Å². The maximum absolute atomic E-state index is 12.4. The van der Waals surface area contributed by atoms with Crippen molar-refractivity contribution in [1.29, 1.82) is 0 Å². The number of carbonyl (C=O) groups excluding carboxylic acids is 2. The first kappa shape index (κ1) is 22.5. The number of nitrogens with one attached hydrogen (secondary N) is 1. The molecule has 0 unspecified atom stereocenters. The number of unbranched alkanes of at least 4 members (excludes halogenated alkanes) is 1. The Kier molecular flexibility index (Phi) is 7.89. The van der Waals surface area contributed by atoms with Crippen LogP contribution in [0.4, 0.5) is 5.69 Å². The Morgan fingerprint density at radius 2 is 1.59 bits per heavy atom. The Balaban J connectivity index is 2.02. The molecule has 0 saturated carbocycles. The normalized spacial score (nSPS) is 11.3. The lowest BCUT2D eigenvalue weighted by atomic mass is 10.2. The van der Waals surface area contributed by atoms with Crippen LogP contribution >= 0.6 is 0 Å². The molecule has 0 bridgehead atoms. The summed E-state index contributed by atoms with van der Waals surface area (Å²) in [5.74, 6) is -0.818. The highest BCUT2D eigenvalue weighted by Crippen LogP contribution is 2.17. The summed E-state index contributed by atoms with van der Waals surface area (Å²) in [6, 6.07) is 11.8. The second-order valence-electron chi connectivity index (χ2n) is 6.14. The van der Waals surface area contributed by atoms with Gasteiger partial charge in [0.25, 0.3) is 15.9 Å². The molecule has 0 aliphatic heterocycles. The first-order valence-electron chi connectivity index (χ1n) is 9.01. The molecule has 0 aliphatic rings. The van der Waals surface area contributed by atoms with Crippen LogP contribution in [0.25, 0.3) is 0 Å². The van der Waals surface area contributed by atoms with E-state index in [-0.39, 0.29) is 10.5 Å². The molecule has 2 aromatic carbocycles. The molecule has 0 atom stereocenters. The summed E-state index contributed by atoms with van der Waals surface area (Å²) < 4.78 is 30.2. The lowest BCUT2D eigenvalue weighted by Gasteiger charge is -2.14. The summed E-state index contributed by atoms with van der Waals surface area (Å²) >= 11 is 0. The number of sulfonamides is 1. The topological polar surface area (TPSA) is 102 Å². The van der Waals surface area contributed by atoms with Gasteiger partial charge in [-0.1, -0.05) is 17.8 Å². The first-order valence-corrected chi connectivity index (χ1v) is 10.4. The number of hydrogen-bond donors (Lipinski definition) is 1. The van der Waals surface area contributed by atoms with E-state index < -0.39 is 21.9 Å². The van der Waals surface area contributed by atoms with Gasteiger partial charge in [-0.15, -0.1) is 0 Å². The number of esters is 1. The van der Waals surface area contributed by atoms with E-state index in [1.807, 2.05) is 6.92 Å². The summed E-state index contributed by atoms with van der Waals surface area (Å²) in [5, 5.41) is 2.69. The Labute approximate surface area is 170 Å². The molecule has 0 aliphatic carbocycles. The number of nitrogens with zero attached hydrogens (tertiary/aromatic N) is 1. The summed E-state index contributed by atoms with van der Waals surface area (Å²) in [6.45, 7) is 2.38. The van der Waals surface area contributed by atoms with Crippen molar-refractivity contribution in [3.63, 3.8) is 0 Å². The average Bonchev–Trinajstić information content (AvgIpc) is 2.73. The van der Waals surface area contributed by atoms with Gasteiger partial charge in [-0.05, 0) is 55.0 Å². The smallest absolute Gasteiger partial charge is 0.338 e. The van der Waals surface area contributed by atoms with Crippen molar-refractivity contribution < 1.29 is 27.6 Å². The fraction of sp³-hybridized carbons (Fsp3) is 0.300. The molecular weight excluding hydrogens is 396 g/mol. The van der Waals surface area contributed by atoms with E-state index >= 15 is 0 Å². The van der Waals surface area contributed by atoms with Crippen LogP contribution in [0, 0.1) is 0 Å². The molecule has 29 heavy (non-hydrogen) atoms. The molecule has 0 radical (unpaired) electrons. The SMILES string of the molecule is CCCCOC(=O)c1ccc(NC(=O)c2ccc(S(=O)(=O)N(C)OC)cc2)cc1. The zero-order valence-electron chi connectivity index (χ0n) is 16.5. The van der Waals surface area contributed by atoms with Gasteiger partial charge in [0.2, 0.25) is 0 Å². The van der Waals surface area contributed by atoms with E-state index in [2.05, 4.69) is 5.32 Å². The maximum atomic E-state index is 12.4. The van der Waals surface area contributed by atoms with E-state index in [0.29, 0.717) is 17.9 Å². The minimum atomic E-state index is -3.78. The fourth-order valence-electron chi connectivity index (χ4n) is 2.31. The largest absolute Gasteiger partial charge is 0.462 e. The van der Waals surface area contributed by atoms with Gasteiger partial charge in [0.05, 0.1) is 24.2 Å². The highest BCUT2D eigenvalue weighted by Gasteiger charge is 2.21. The van der Waals surface area contributed by atoms with E-state index in [4.69, 9.17) is 9.57 Å². The van der Waals surface area contributed by atoms with Gasteiger partial charge in [0.1, 0.15) is 0 Å². The molecular formula is C20H24N2O6S. The predicted octanol–water partition coefficient (Wildman–Crippen LogP) is 3.08. The van der Waals surface area contributed by atoms with Gasteiger partial charge in [-0.25, -0.2) is 13.2 Å². The van der Waals surface area contributed by atoms with E-state index in [0.717, 1.165) is 17.3 Å². The van der Waals surface area contributed by atoms with E-state index in [1.54, 1.807) is 24.3 Å². The van der Waals surface area contributed by atoms with Crippen LogP contribution in [0.15, 0.2) is 53.4 Å². The van der Waals surface area contributed by atoms with Crippen LogP contribution < -0.4 is 5.32 Å². The van der Waals surface area contributed by atoms with Crippen molar-refractivity contribution in [2.75, 3.05) is 26.1 Å². The van der Waals surface area contributed by atoms with Crippen molar-refractivity contribution in [1.82, 2.24) is 4.47 Å². The highest BCUT2D eigenvalue weighted by atomic mass is 32.2. The quantitative estimate of drug-likeness (QED) is 0.380. The fourth-order valence-corrected chi connectivity index (χ4v) is 3.28. The van der Waals surface area contributed by atoms with Crippen LogP contribution in [-0.2, 0) is 19.6 Å². The molecule has 9 heteroatoms. The Morgan fingerprint density at radius 1 is 1.00 bits per heavy atom. The second-order valence-corrected chi connectivity index (χ2v) is 8.08. The highest BCUT2D eigenvalue weighted by molar-refractivity contribution is 7.89. The lowest BCUT2D eigenvalue weighted by molar-refractivity contribution is -0.0258. The van der Waals surface area contributed by atoms with Crippen LogP contribution in [0.1, 0.15) is 40.5 Å². The molecule has 2 rings (SSSR count). The maximum Gasteiger partial charge on any atom is 0.338 e. The van der Waals surface area contributed by atoms with E-state index in [9.17, 15) is 18.0 Å². The van der Waals surface area contributed by atoms with Gasteiger partial charge in [-0.2, -0.15) is 0 Å². The Morgan fingerprint density at radius 3 is 2.14 bits per heavy atom. The van der Waals surface area contributed by atoms with Crippen molar-refractivity contribution in [2.45, 2.75) is 24.7 Å². The number of benzene rings is 2. The molecule has 0 saturated heterocycles. The summed E-state index contributed by atoms with van der Waals surface area (Å²) in [7, 11) is -1.25. The van der Waals surface area contributed by atoms with Gasteiger partial charge in [0.15, 0.2) is 0 Å². The van der Waals surface area contributed by atoms with Gasteiger partial charge < -0.3 is 10.1 Å². The summed E-state index contributed by atoms with van der Waals surface area (Å²) in [6.07, 6.45) is 1.75. The third-order valence-corrected chi connectivity index (χ3v) is 5.81. The molecule has 2 aromatic rings. The standard InChI is InChI=1S/C20H24N2O6S/c1-4-5-14-28-20(24)16-6-10-17(11-7-16)21-19(23)15-8-12-18(13-9-15)29(25,26)22(2)27-3/h6-13H,4-5,14H2,1-3H3,(H,21,23). The molecule has 1 amide bonds. The molecule has 8 nitrogen and oxygen atoms in total. The molecule has 0 fully saturated rings. The first-order chi connectivity index (χ1) is 13.8. The number of rotatable bonds is 9. The number of carbonyl (C=O) groups is 2. The van der Waals surface area contributed by atoms with Crippen molar-refractivity contribution in [2.24, 2.45) is 0 Å². The molecule has 0 heterocycles. The number of hydrogen-bond acceptors (Lipinski definition) is 6. The Bertz CT molecular complexity index is 940. The number of anilines is 1. The van der Waals surface area contributed by atoms with Crippen LogP contribution in [0.5, 0.6) is 0 Å². The van der Waals surface area contributed by atoms with Crippen molar-refractivity contribution >= 4 is 27.6 Å². The third-order valence-electron chi connectivity index (χ3n) is 4.12. The summed E-state index contributed by atoms with van der Waals surface area (Å²) in [5.41, 5.74) is 1.18. The number of amides is 1. The predicted molar refractivity (Wildman–Crippen MR) is 108 cm³/mol. The second kappa shape index (κ2) is 10.1. The summed E-state index contributed by atoms with van der Waals surface area (Å²) in [4.78, 5) is 29.0. The minimum Gasteiger partial charge on any atom is -0.462 e. The molecule has 0 aromatic heterocycles. The minimum absolute atomic E-state index is 0.00402. The number of ether oxygens (including phenoxy) is 1. The zero-order chi connectivity index (χ0) is 21.4. The zero-order valence-corrected chi connectivity index (χ0v) is 17.4. The lowest BCUT2D eigenvalue weighted by Crippen LogP contribution is -2.25. The van der Waals surface area contributed by atoms with Crippen molar-refractivity contribution in [3.05, 3.63) is 59.7 Å². The van der Waals surface area contributed by atoms with Crippen LogP contribution in [-0.4, -0.2) is 45.5 Å².